The highest BCUT2D eigenvalue weighted by molar-refractivity contribution is 7.80. The molecular formula is C15H13ClN4O3S. The number of para-hydroxylation sites is 1. The van der Waals surface area contributed by atoms with Crippen molar-refractivity contribution in [3.63, 3.8) is 0 Å². The predicted molar refractivity (Wildman–Crippen MR) is 94.3 cm³/mol. The van der Waals surface area contributed by atoms with Gasteiger partial charge in [0.05, 0.1) is 23.1 Å². The van der Waals surface area contributed by atoms with Crippen LogP contribution in [0.4, 0.5) is 0 Å². The number of thiocarbonyl (C=S) groups is 1. The van der Waals surface area contributed by atoms with Crippen molar-refractivity contribution in [3.8, 4) is 11.5 Å². The number of nitrogens with two attached hydrogens (primary N) is 1. The highest BCUT2D eigenvalue weighted by Gasteiger charge is 2.08. The minimum Gasteiger partial charge on any atom is -0.480 e. The van der Waals surface area contributed by atoms with Crippen LogP contribution < -0.4 is 20.6 Å². The molecule has 24 heavy (non-hydrogen) atoms. The summed E-state index contributed by atoms with van der Waals surface area (Å²) in [6.45, 7) is -0.273. The van der Waals surface area contributed by atoms with Gasteiger partial charge >= 0.3 is 5.97 Å². The van der Waals surface area contributed by atoms with Crippen LogP contribution in [0.15, 0.2) is 47.7 Å². The SMILES string of the molecule is NC(=S)N/N=C/c1ccc(OC(=O)COc2ccccc2Cl)cn1. The number of nitrogens with zero attached hydrogens (tertiary/aromatic N) is 2. The van der Waals surface area contributed by atoms with E-state index in [0.29, 0.717) is 16.5 Å². The molecule has 9 heteroatoms. The number of carbonyl (C=O) groups excluding carboxylic acids is 1. The van der Waals surface area contributed by atoms with E-state index < -0.39 is 5.97 Å². The molecule has 0 radical (unpaired) electrons. The Morgan fingerprint density at radius 1 is 1.38 bits per heavy atom. The molecule has 0 saturated carbocycles. The van der Waals surface area contributed by atoms with Gasteiger partial charge in [-0.3, -0.25) is 10.4 Å². The van der Waals surface area contributed by atoms with Crippen LogP contribution >= 0.6 is 23.8 Å². The van der Waals surface area contributed by atoms with E-state index in [0.717, 1.165) is 0 Å². The second-order valence-corrected chi connectivity index (χ2v) is 5.19. The minimum absolute atomic E-state index is 0.0512. The normalized spacial score (nSPS) is 10.4. The lowest BCUT2D eigenvalue weighted by Gasteiger charge is -2.07. The van der Waals surface area contributed by atoms with Crippen molar-refractivity contribution in [2.75, 3.05) is 6.61 Å². The fourth-order valence-corrected chi connectivity index (χ4v) is 1.79. The minimum atomic E-state index is -0.576. The average molecular weight is 365 g/mol. The second kappa shape index (κ2) is 8.80. The Balaban J connectivity index is 1.84. The van der Waals surface area contributed by atoms with E-state index in [2.05, 4.69) is 27.7 Å². The molecule has 0 aliphatic rings. The van der Waals surface area contributed by atoms with E-state index >= 15 is 0 Å². The zero-order valence-corrected chi connectivity index (χ0v) is 13.9. The van der Waals surface area contributed by atoms with E-state index in [9.17, 15) is 4.79 Å². The smallest absolute Gasteiger partial charge is 0.349 e. The Morgan fingerprint density at radius 3 is 2.83 bits per heavy atom. The molecule has 0 spiro atoms. The molecule has 7 nitrogen and oxygen atoms in total. The molecule has 0 aliphatic heterocycles. The number of hydrogen-bond acceptors (Lipinski definition) is 6. The summed E-state index contributed by atoms with van der Waals surface area (Å²) in [5, 5.41) is 4.23. The first-order valence-corrected chi connectivity index (χ1v) is 7.46. The van der Waals surface area contributed by atoms with Crippen LogP contribution in [0.3, 0.4) is 0 Å². The zero-order valence-electron chi connectivity index (χ0n) is 12.3. The summed E-state index contributed by atoms with van der Waals surface area (Å²) in [6, 6.07) is 10.0. The van der Waals surface area contributed by atoms with E-state index in [-0.39, 0.29) is 17.5 Å². The molecule has 0 fully saturated rings. The number of benzene rings is 1. The highest BCUT2D eigenvalue weighted by atomic mass is 35.5. The third-order valence-corrected chi connectivity index (χ3v) is 2.95. The summed E-state index contributed by atoms with van der Waals surface area (Å²) >= 11 is 10.5. The summed E-state index contributed by atoms with van der Waals surface area (Å²) in [7, 11) is 0. The topological polar surface area (TPSA) is 98.8 Å². The Morgan fingerprint density at radius 2 is 2.17 bits per heavy atom. The molecule has 1 heterocycles. The van der Waals surface area contributed by atoms with E-state index in [1.54, 1.807) is 36.4 Å². The Kier molecular flexibility index (Phi) is 6.47. The van der Waals surface area contributed by atoms with Crippen LogP contribution in [0.25, 0.3) is 0 Å². The summed E-state index contributed by atoms with van der Waals surface area (Å²) < 4.78 is 10.4. The number of esters is 1. The van der Waals surface area contributed by atoms with Gasteiger partial charge < -0.3 is 15.2 Å². The molecule has 0 atom stereocenters. The fraction of sp³-hybridized carbons (Fsp3) is 0.0667. The number of ether oxygens (including phenoxy) is 2. The number of hydrogen-bond donors (Lipinski definition) is 2. The van der Waals surface area contributed by atoms with Gasteiger partial charge in [0.25, 0.3) is 0 Å². The molecule has 0 saturated heterocycles. The van der Waals surface area contributed by atoms with E-state index in [4.69, 9.17) is 26.8 Å². The maximum absolute atomic E-state index is 11.7. The molecule has 1 aromatic heterocycles. The highest BCUT2D eigenvalue weighted by Crippen LogP contribution is 2.23. The molecule has 124 valence electrons. The van der Waals surface area contributed by atoms with Crippen LogP contribution in [0, 0.1) is 0 Å². The number of pyridine rings is 1. The van der Waals surface area contributed by atoms with Gasteiger partial charge in [0.15, 0.2) is 11.7 Å². The van der Waals surface area contributed by atoms with Crippen LogP contribution in [0.5, 0.6) is 11.5 Å². The van der Waals surface area contributed by atoms with Crippen molar-refractivity contribution in [2.45, 2.75) is 0 Å². The Labute approximate surface area is 148 Å². The predicted octanol–water partition coefficient (Wildman–Crippen LogP) is 1.89. The number of hydrazone groups is 1. The van der Waals surface area contributed by atoms with Gasteiger partial charge in [-0.1, -0.05) is 23.7 Å². The fourth-order valence-electron chi connectivity index (χ4n) is 1.55. The molecule has 0 aliphatic carbocycles. The van der Waals surface area contributed by atoms with Gasteiger partial charge in [-0.05, 0) is 36.5 Å². The molecule has 0 unspecified atom stereocenters. The van der Waals surface area contributed by atoms with Crippen LogP contribution in [0.2, 0.25) is 5.02 Å². The molecule has 2 aromatic rings. The van der Waals surface area contributed by atoms with Crippen molar-refractivity contribution >= 4 is 41.1 Å². The number of rotatable bonds is 6. The van der Waals surface area contributed by atoms with Crippen molar-refractivity contribution < 1.29 is 14.3 Å². The quantitative estimate of drug-likeness (QED) is 0.349. The molecular weight excluding hydrogens is 352 g/mol. The molecule has 0 bridgehead atoms. The lowest BCUT2D eigenvalue weighted by atomic mass is 10.3. The molecule has 0 amide bonds. The zero-order chi connectivity index (χ0) is 17.4. The van der Waals surface area contributed by atoms with Crippen molar-refractivity contribution in [2.24, 2.45) is 10.8 Å². The van der Waals surface area contributed by atoms with Crippen LogP contribution in [-0.2, 0) is 4.79 Å². The third kappa shape index (κ3) is 5.82. The van der Waals surface area contributed by atoms with Gasteiger partial charge in [-0.25, -0.2) is 4.79 Å². The summed E-state index contributed by atoms with van der Waals surface area (Å²) in [5.74, 6) is 0.113. The van der Waals surface area contributed by atoms with Gasteiger partial charge in [-0.2, -0.15) is 5.10 Å². The maximum Gasteiger partial charge on any atom is 0.349 e. The van der Waals surface area contributed by atoms with E-state index in [1.807, 2.05) is 0 Å². The van der Waals surface area contributed by atoms with Crippen molar-refractivity contribution in [1.29, 1.82) is 0 Å². The van der Waals surface area contributed by atoms with Gasteiger partial charge in [0, 0.05) is 0 Å². The Hall–Kier alpha value is -2.71. The third-order valence-electron chi connectivity index (χ3n) is 2.54. The van der Waals surface area contributed by atoms with Gasteiger partial charge in [0.1, 0.15) is 11.5 Å². The van der Waals surface area contributed by atoms with Crippen molar-refractivity contribution in [3.05, 3.63) is 53.3 Å². The average Bonchev–Trinajstić information content (AvgIpc) is 2.55. The molecule has 1 aromatic carbocycles. The van der Waals surface area contributed by atoms with Crippen molar-refractivity contribution in [1.82, 2.24) is 10.4 Å². The first-order chi connectivity index (χ1) is 11.5. The van der Waals surface area contributed by atoms with Crippen LogP contribution in [0.1, 0.15) is 5.69 Å². The summed E-state index contributed by atoms with van der Waals surface area (Å²) in [5.41, 5.74) is 8.16. The lowest BCUT2D eigenvalue weighted by molar-refractivity contribution is -0.136. The Bertz CT molecular complexity index is 753. The number of halogens is 1. The monoisotopic (exact) mass is 364 g/mol. The first kappa shape index (κ1) is 17.6. The lowest BCUT2D eigenvalue weighted by Crippen LogP contribution is -2.24. The number of carbonyl (C=O) groups is 1. The molecule has 2 rings (SSSR count). The second-order valence-electron chi connectivity index (χ2n) is 4.35. The molecule has 3 N–H and O–H groups in total. The first-order valence-electron chi connectivity index (χ1n) is 6.67. The largest absolute Gasteiger partial charge is 0.480 e. The summed E-state index contributed by atoms with van der Waals surface area (Å²) in [6.07, 6.45) is 2.81. The van der Waals surface area contributed by atoms with Gasteiger partial charge in [0.2, 0.25) is 0 Å². The van der Waals surface area contributed by atoms with Gasteiger partial charge in [-0.15, -0.1) is 0 Å². The standard InChI is InChI=1S/C15H13ClN4O3S/c16-12-3-1-2-4-13(12)22-9-14(21)23-11-6-5-10(18-8-11)7-19-20-15(17)24/h1-8H,9H2,(H3,17,20,24)/b19-7+. The van der Waals surface area contributed by atoms with E-state index in [1.165, 1.54) is 12.4 Å². The number of aromatic nitrogens is 1. The number of nitrogens with one attached hydrogen (secondary N) is 1. The maximum atomic E-state index is 11.7. The summed E-state index contributed by atoms with van der Waals surface area (Å²) in [4.78, 5) is 15.8. The van der Waals surface area contributed by atoms with Crippen LogP contribution in [-0.4, -0.2) is 28.9 Å².